The number of hydrogen-bond donors (Lipinski definition) is 2. The van der Waals surface area contributed by atoms with Crippen LogP contribution in [0.1, 0.15) is 22.8 Å². The minimum absolute atomic E-state index is 0.148. The predicted octanol–water partition coefficient (Wildman–Crippen LogP) is 3.36. The molecule has 0 aliphatic carbocycles. The van der Waals surface area contributed by atoms with Gasteiger partial charge in [-0.25, -0.2) is 4.39 Å². The molecule has 0 aromatic heterocycles. The second-order valence-electron chi connectivity index (χ2n) is 4.87. The van der Waals surface area contributed by atoms with Crippen LogP contribution in [0, 0.1) is 9.39 Å². The van der Waals surface area contributed by atoms with E-state index in [0.29, 0.717) is 9.13 Å². The van der Waals surface area contributed by atoms with Crippen molar-refractivity contribution in [3.63, 3.8) is 0 Å². The first kappa shape index (κ1) is 17.4. The second-order valence-corrected chi connectivity index (χ2v) is 6.03. The zero-order chi connectivity index (χ0) is 16.8. The quantitative estimate of drug-likeness (QED) is 0.721. The van der Waals surface area contributed by atoms with Crippen LogP contribution in [0.15, 0.2) is 42.5 Å². The van der Waals surface area contributed by atoms with Crippen LogP contribution in [-0.4, -0.2) is 18.4 Å². The van der Waals surface area contributed by atoms with Gasteiger partial charge < -0.3 is 10.6 Å². The molecule has 6 heteroatoms. The van der Waals surface area contributed by atoms with E-state index in [9.17, 15) is 14.0 Å². The van der Waals surface area contributed by atoms with Crippen molar-refractivity contribution in [2.75, 3.05) is 11.9 Å². The highest BCUT2D eigenvalue weighted by Crippen LogP contribution is 2.15. The van der Waals surface area contributed by atoms with Crippen LogP contribution in [-0.2, 0) is 11.2 Å². The number of hydrogen-bond acceptors (Lipinski definition) is 2. The summed E-state index contributed by atoms with van der Waals surface area (Å²) < 4.78 is 13.5. The number of carbonyl (C=O) groups is 2. The van der Waals surface area contributed by atoms with Crippen LogP contribution < -0.4 is 10.6 Å². The highest BCUT2D eigenvalue weighted by atomic mass is 127. The highest BCUT2D eigenvalue weighted by Gasteiger charge is 2.12. The smallest absolute Gasteiger partial charge is 0.252 e. The molecule has 23 heavy (non-hydrogen) atoms. The largest absolute Gasteiger partial charge is 0.343 e. The number of benzene rings is 2. The van der Waals surface area contributed by atoms with Crippen molar-refractivity contribution in [2.24, 2.45) is 0 Å². The summed E-state index contributed by atoms with van der Waals surface area (Å²) in [6, 6.07) is 11.4. The summed E-state index contributed by atoms with van der Waals surface area (Å²) in [5.74, 6) is -1.12. The van der Waals surface area contributed by atoms with Crippen molar-refractivity contribution in [1.29, 1.82) is 0 Å². The van der Waals surface area contributed by atoms with Gasteiger partial charge in [0.15, 0.2) is 0 Å². The highest BCUT2D eigenvalue weighted by molar-refractivity contribution is 14.1. The van der Waals surface area contributed by atoms with Crippen LogP contribution in [0.4, 0.5) is 10.1 Å². The molecule has 0 unspecified atom stereocenters. The summed E-state index contributed by atoms with van der Waals surface area (Å²) in [6.07, 6.45) is 0.802. The molecule has 0 radical (unpaired) electrons. The third kappa shape index (κ3) is 4.75. The fourth-order valence-electron chi connectivity index (χ4n) is 2.07. The molecule has 2 aromatic carbocycles. The minimum Gasteiger partial charge on any atom is -0.343 e. The first-order chi connectivity index (χ1) is 11.0. The average molecular weight is 426 g/mol. The van der Waals surface area contributed by atoms with Crippen LogP contribution in [0.25, 0.3) is 0 Å². The number of carbonyl (C=O) groups excluding carboxylic acids is 2. The third-order valence-corrected chi connectivity index (χ3v) is 4.15. The monoisotopic (exact) mass is 426 g/mol. The summed E-state index contributed by atoms with van der Waals surface area (Å²) in [5, 5.41) is 5.31. The number of nitrogens with one attached hydrogen (secondary N) is 2. The van der Waals surface area contributed by atoms with Crippen molar-refractivity contribution >= 4 is 40.1 Å². The summed E-state index contributed by atoms with van der Waals surface area (Å²) in [4.78, 5) is 24.0. The first-order valence-corrected chi connectivity index (χ1v) is 8.20. The lowest BCUT2D eigenvalue weighted by Gasteiger charge is -2.11. The van der Waals surface area contributed by atoms with Gasteiger partial charge in [0.2, 0.25) is 5.91 Å². The lowest BCUT2D eigenvalue weighted by molar-refractivity contribution is -0.115. The maximum absolute atomic E-state index is 13.0. The van der Waals surface area contributed by atoms with E-state index in [1.54, 1.807) is 0 Å². The molecule has 2 aromatic rings. The van der Waals surface area contributed by atoms with E-state index in [1.165, 1.54) is 18.2 Å². The molecule has 0 fully saturated rings. The van der Waals surface area contributed by atoms with E-state index in [2.05, 4.69) is 10.6 Å². The van der Waals surface area contributed by atoms with E-state index < -0.39 is 11.7 Å². The first-order valence-electron chi connectivity index (χ1n) is 7.12. The zero-order valence-corrected chi connectivity index (χ0v) is 14.7. The van der Waals surface area contributed by atoms with Crippen LogP contribution in [0.3, 0.4) is 0 Å². The van der Waals surface area contributed by atoms with Crippen molar-refractivity contribution < 1.29 is 14.0 Å². The number of halogens is 2. The maximum Gasteiger partial charge on any atom is 0.252 e. The van der Waals surface area contributed by atoms with Crippen LogP contribution >= 0.6 is 22.6 Å². The molecule has 4 nitrogen and oxygen atoms in total. The number of anilines is 1. The van der Waals surface area contributed by atoms with E-state index in [1.807, 2.05) is 53.8 Å². The van der Waals surface area contributed by atoms with Crippen molar-refractivity contribution in [3.05, 3.63) is 63.0 Å². The Morgan fingerprint density at radius 2 is 1.91 bits per heavy atom. The van der Waals surface area contributed by atoms with Gasteiger partial charge in [0, 0.05) is 9.26 Å². The Balaban J connectivity index is 1.95. The molecule has 0 saturated carbocycles. The van der Waals surface area contributed by atoms with Crippen molar-refractivity contribution in [3.8, 4) is 0 Å². The van der Waals surface area contributed by atoms with Gasteiger partial charge in [0.1, 0.15) is 5.82 Å². The molecule has 2 amide bonds. The predicted molar refractivity (Wildman–Crippen MR) is 95.9 cm³/mol. The molecule has 120 valence electrons. The maximum atomic E-state index is 13.0. The van der Waals surface area contributed by atoms with Crippen molar-refractivity contribution in [2.45, 2.75) is 13.3 Å². The Labute approximate surface area is 147 Å². The summed E-state index contributed by atoms with van der Waals surface area (Å²) in [6.45, 7) is 1.85. The van der Waals surface area contributed by atoms with Gasteiger partial charge in [-0.15, -0.1) is 0 Å². The van der Waals surface area contributed by atoms with Gasteiger partial charge in [-0.3, -0.25) is 9.59 Å². The molecule has 2 N–H and O–H groups in total. The fraction of sp³-hybridized carbons (Fsp3) is 0.176. The van der Waals surface area contributed by atoms with Crippen molar-refractivity contribution in [1.82, 2.24) is 5.32 Å². The molecule has 0 spiro atoms. The molecule has 0 aliphatic heterocycles. The average Bonchev–Trinajstić information content (AvgIpc) is 2.53. The zero-order valence-electron chi connectivity index (χ0n) is 12.5. The second kappa shape index (κ2) is 8.05. The molecular formula is C17H16FIN2O2. The number of aryl methyl sites for hydroxylation is 1. The molecular weight excluding hydrogens is 410 g/mol. The number of para-hydroxylation sites is 1. The normalized spacial score (nSPS) is 10.2. The Bertz CT molecular complexity index is 734. The third-order valence-electron chi connectivity index (χ3n) is 3.26. The molecule has 0 aliphatic rings. The Hall–Kier alpha value is -1.96. The summed E-state index contributed by atoms with van der Waals surface area (Å²) in [7, 11) is 0. The minimum atomic E-state index is -0.409. The van der Waals surface area contributed by atoms with Gasteiger partial charge in [0.05, 0.1) is 12.1 Å². The van der Waals surface area contributed by atoms with Gasteiger partial charge in [-0.1, -0.05) is 25.1 Å². The van der Waals surface area contributed by atoms with E-state index >= 15 is 0 Å². The fourth-order valence-corrected chi connectivity index (χ4v) is 2.80. The van der Waals surface area contributed by atoms with Gasteiger partial charge >= 0.3 is 0 Å². The molecule has 0 bridgehead atoms. The summed E-state index contributed by atoms with van der Waals surface area (Å²) >= 11 is 1.88. The van der Waals surface area contributed by atoms with Gasteiger partial charge in [-0.2, -0.15) is 0 Å². The molecule has 0 heterocycles. The van der Waals surface area contributed by atoms with E-state index in [-0.39, 0.29) is 12.5 Å². The lowest BCUT2D eigenvalue weighted by Crippen LogP contribution is -2.33. The Kier molecular flexibility index (Phi) is 6.09. The Morgan fingerprint density at radius 1 is 1.17 bits per heavy atom. The standard InChI is InChI=1S/C17H16FIN2O2/c1-2-11-5-3-4-6-15(11)21-16(22)10-20-17(23)13-8-7-12(18)9-14(13)19/h3-9H,2,10H2,1H3,(H,20,23)(H,21,22). The molecule has 0 saturated heterocycles. The van der Waals surface area contributed by atoms with E-state index in [0.717, 1.165) is 17.7 Å². The topological polar surface area (TPSA) is 58.2 Å². The van der Waals surface area contributed by atoms with E-state index in [4.69, 9.17) is 0 Å². The number of rotatable bonds is 5. The Morgan fingerprint density at radius 3 is 2.61 bits per heavy atom. The van der Waals surface area contributed by atoms with Crippen LogP contribution in [0.2, 0.25) is 0 Å². The summed E-state index contributed by atoms with van der Waals surface area (Å²) in [5.41, 5.74) is 2.11. The van der Waals surface area contributed by atoms with Crippen LogP contribution in [0.5, 0.6) is 0 Å². The van der Waals surface area contributed by atoms with Gasteiger partial charge in [-0.05, 0) is 58.8 Å². The SMILES string of the molecule is CCc1ccccc1NC(=O)CNC(=O)c1ccc(F)cc1I. The van der Waals surface area contributed by atoms with Gasteiger partial charge in [0.25, 0.3) is 5.91 Å². The molecule has 2 rings (SSSR count). The molecule has 0 atom stereocenters. The number of amides is 2. The lowest BCUT2D eigenvalue weighted by atomic mass is 10.1.